The Morgan fingerprint density at radius 3 is 1.62 bits per heavy atom. The van der Waals surface area contributed by atoms with Gasteiger partial charge in [0.25, 0.3) is 0 Å². The third-order valence-electron chi connectivity index (χ3n) is 3.68. The van der Waals surface area contributed by atoms with E-state index in [2.05, 4.69) is 34.6 Å². The molecule has 0 radical (unpaired) electrons. The van der Waals surface area contributed by atoms with Gasteiger partial charge < -0.3 is 0 Å². The van der Waals surface area contributed by atoms with Crippen LogP contribution in [0, 0.1) is 17.8 Å². The van der Waals surface area contributed by atoms with Crippen LogP contribution in [0.2, 0.25) is 0 Å². The van der Waals surface area contributed by atoms with Gasteiger partial charge in [0, 0.05) is 0 Å². The molecule has 0 saturated heterocycles. The predicted octanol–water partition coefficient (Wildman–Crippen LogP) is 6.06. The van der Waals surface area contributed by atoms with Crippen LogP contribution in [0.3, 0.4) is 0 Å². The first-order chi connectivity index (χ1) is 7.56. The van der Waals surface area contributed by atoms with Crippen LogP contribution in [-0.4, -0.2) is 0 Å². The van der Waals surface area contributed by atoms with Gasteiger partial charge in [-0.2, -0.15) is 0 Å². The molecule has 0 aliphatic rings. The fourth-order valence-electron chi connectivity index (χ4n) is 2.27. The van der Waals surface area contributed by atoms with Crippen LogP contribution < -0.4 is 0 Å². The van der Waals surface area contributed by atoms with Crippen LogP contribution in [0.1, 0.15) is 86.0 Å². The van der Waals surface area contributed by atoms with E-state index in [0.717, 1.165) is 17.8 Å². The topological polar surface area (TPSA) is 0 Å². The Kier molecular flexibility index (Phi) is 10.2. The van der Waals surface area contributed by atoms with Gasteiger partial charge in [0.05, 0.1) is 0 Å². The molecule has 16 heavy (non-hydrogen) atoms. The van der Waals surface area contributed by atoms with Crippen molar-refractivity contribution in [3.05, 3.63) is 0 Å². The highest BCUT2D eigenvalue weighted by Gasteiger charge is 2.06. The SMILES string of the molecule is CCCCC(C)CCCC(C)CCC(C)C. The summed E-state index contributed by atoms with van der Waals surface area (Å²) in [5.41, 5.74) is 0. The Morgan fingerprint density at radius 2 is 1.12 bits per heavy atom. The van der Waals surface area contributed by atoms with E-state index in [1.807, 2.05) is 0 Å². The lowest BCUT2D eigenvalue weighted by molar-refractivity contribution is 0.383. The summed E-state index contributed by atoms with van der Waals surface area (Å²) in [5.74, 6) is 2.78. The summed E-state index contributed by atoms with van der Waals surface area (Å²) < 4.78 is 0. The molecular formula is C16H34. The molecule has 0 heterocycles. The minimum atomic E-state index is 0.880. The summed E-state index contributed by atoms with van der Waals surface area (Å²) in [7, 11) is 0. The first-order valence-electron chi connectivity index (χ1n) is 7.56. The lowest BCUT2D eigenvalue weighted by atomic mass is 9.91. The maximum atomic E-state index is 2.43. The van der Waals surface area contributed by atoms with Gasteiger partial charge in [0.1, 0.15) is 0 Å². The van der Waals surface area contributed by atoms with Crippen LogP contribution in [0.25, 0.3) is 0 Å². The Hall–Kier alpha value is 0. The second kappa shape index (κ2) is 10.2. The van der Waals surface area contributed by atoms with Crippen LogP contribution >= 0.6 is 0 Å². The highest BCUT2D eigenvalue weighted by Crippen LogP contribution is 2.21. The molecule has 0 amide bonds. The van der Waals surface area contributed by atoms with Gasteiger partial charge in [-0.3, -0.25) is 0 Å². The fraction of sp³-hybridized carbons (Fsp3) is 1.00. The van der Waals surface area contributed by atoms with Crippen molar-refractivity contribution in [3.63, 3.8) is 0 Å². The molecule has 0 spiro atoms. The van der Waals surface area contributed by atoms with Crippen LogP contribution in [0.5, 0.6) is 0 Å². The van der Waals surface area contributed by atoms with Crippen molar-refractivity contribution in [2.45, 2.75) is 86.0 Å². The summed E-state index contributed by atoms with van der Waals surface area (Å²) in [6.45, 7) is 11.8. The Bertz CT molecular complexity index is 137. The molecule has 0 aromatic rings. The normalized spacial score (nSPS) is 15.4. The van der Waals surface area contributed by atoms with E-state index in [-0.39, 0.29) is 0 Å². The van der Waals surface area contributed by atoms with Crippen molar-refractivity contribution in [1.82, 2.24) is 0 Å². The monoisotopic (exact) mass is 226 g/mol. The molecule has 0 bridgehead atoms. The zero-order valence-corrected chi connectivity index (χ0v) is 12.4. The third kappa shape index (κ3) is 10.5. The lowest BCUT2D eigenvalue weighted by Gasteiger charge is -2.15. The van der Waals surface area contributed by atoms with Crippen molar-refractivity contribution in [3.8, 4) is 0 Å². The Morgan fingerprint density at radius 1 is 0.625 bits per heavy atom. The number of unbranched alkanes of at least 4 members (excludes halogenated alkanes) is 1. The molecule has 0 rings (SSSR count). The van der Waals surface area contributed by atoms with Gasteiger partial charge in [0.15, 0.2) is 0 Å². The number of rotatable bonds is 10. The Balaban J connectivity index is 3.35. The molecule has 0 saturated carbocycles. The second-order valence-electron chi connectivity index (χ2n) is 6.25. The lowest BCUT2D eigenvalue weighted by Crippen LogP contribution is -2.00. The Labute approximate surface area is 104 Å². The minimum absolute atomic E-state index is 0.880. The number of hydrogen-bond donors (Lipinski definition) is 0. The molecule has 98 valence electrons. The summed E-state index contributed by atoms with van der Waals surface area (Å²) in [6, 6.07) is 0. The largest absolute Gasteiger partial charge is 0.0654 e. The molecule has 2 atom stereocenters. The highest BCUT2D eigenvalue weighted by molar-refractivity contribution is 4.59. The van der Waals surface area contributed by atoms with Crippen molar-refractivity contribution >= 4 is 0 Å². The maximum Gasteiger partial charge on any atom is -0.0443 e. The second-order valence-corrected chi connectivity index (χ2v) is 6.25. The van der Waals surface area contributed by atoms with E-state index >= 15 is 0 Å². The predicted molar refractivity (Wildman–Crippen MR) is 75.8 cm³/mol. The molecule has 0 fully saturated rings. The summed E-state index contributed by atoms with van der Waals surface area (Å²) >= 11 is 0. The van der Waals surface area contributed by atoms with Crippen molar-refractivity contribution in [1.29, 1.82) is 0 Å². The van der Waals surface area contributed by atoms with E-state index in [0.29, 0.717) is 0 Å². The molecule has 2 unspecified atom stereocenters. The smallest absolute Gasteiger partial charge is 0.0443 e. The maximum absolute atomic E-state index is 2.43. The van der Waals surface area contributed by atoms with E-state index in [1.54, 1.807) is 0 Å². The zero-order chi connectivity index (χ0) is 12.4. The van der Waals surface area contributed by atoms with Gasteiger partial charge in [-0.1, -0.05) is 86.0 Å². The van der Waals surface area contributed by atoms with E-state index in [9.17, 15) is 0 Å². The van der Waals surface area contributed by atoms with Gasteiger partial charge in [-0.15, -0.1) is 0 Å². The molecule has 0 N–H and O–H groups in total. The number of hydrogen-bond acceptors (Lipinski definition) is 0. The molecule has 0 aliphatic carbocycles. The average molecular weight is 226 g/mol. The minimum Gasteiger partial charge on any atom is -0.0654 e. The first-order valence-corrected chi connectivity index (χ1v) is 7.56. The molecule has 0 aromatic carbocycles. The quantitative estimate of drug-likeness (QED) is 0.425. The molecule has 0 aromatic heterocycles. The van der Waals surface area contributed by atoms with Crippen molar-refractivity contribution in [2.24, 2.45) is 17.8 Å². The average Bonchev–Trinajstić information content (AvgIpc) is 2.23. The summed E-state index contributed by atoms with van der Waals surface area (Å²) in [6.07, 6.45) is 11.4. The van der Waals surface area contributed by atoms with E-state index < -0.39 is 0 Å². The zero-order valence-electron chi connectivity index (χ0n) is 12.4. The van der Waals surface area contributed by atoms with E-state index in [1.165, 1.54) is 51.4 Å². The van der Waals surface area contributed by atoms with E-state index in [4.69, 9.17) is 0 Å². The molecule has 0 aliphatic heterocycles. The van der Waals surface area contributed by atoms with Crippen molar-refractivity contribution in [2.75, 3.05) is 0 Å². The molecular weight excluding hydrogens is 192 g/mol. The summed E-state index contributed by atoms with van der Waals surface area (Å²) in [5, 5.41) is 0. The molecule has 0 nitrogen and oxygen atoms in total. The van der Waals surface area contributed by atoms with Gasteiger partial charge in [0.2, 0.25) is 0 Å². The fourth-order valence-corrected chi connectivity index (χ4v) is 2.27. The van der Waals surface area contributed by atoms with Gasteiger partial charge in [-0.25, -0.2) is 0 Å². The van der Waals surface area contributed by atoms with Crippen LogP contribution in [0.4, 0.5) is 0 Å². The summed E-state index contributed by atoms with van der Waals surface area (Å²) in [4.78, 5) is 0. The van der Waals surface area contributed by atoms with Gasteiger partial charge in [-0.05, 0) is 17.8 Å². The van der Waals surface area contributed by atoms with Crippen LogP contribution in [-0.2, 0) is 0 Å². The standard InChI is InChI=1S/C16H34/c1-6-7-9-15(4)10-8-11-16(5)13-12-14(2)3/h14-16H,6-13H2,1-5H3. The molecule has 0 heteroatoms. The van der Waals surface area contributed by atoms with Gasteiger partial charge >= 0.3 is 0 Å². The van der Waals surface area contributed by atoms with Crippen LogP contribution in [0.15, 0.2) is 0 Å². The first kappa shape index (κ1) is 16.0. The third-order valence-corrected chi connectivity index (χ3v) is 3.68. The van der Waals surface area contributed by atoms with Crippen molar-refractivity contribution < 1.29 is 0 Å². The highest BCUT2D eigenvalue weighted by atomic mass is 14.1.